The molecule has 20 heavy (non-hydrogen) atoms. The lowest BCUT2D eigenvalue weighted by molar-refractivity contribution is 0.750. The predicted octanol–water partition coefficient (Wildman–Crippen LogP) is 4.39. The molecule has 2 aromatic rings. The first-order valence-corrected chi connectivity index (χ1v) is 7.66. The van der Waals surface area contributed by atoms with Gasteiger partial charge in [0.1, 0.15) is 0 Å². The molecular weight excluding hydrogens is 246 g/mol. The number of benzene rings is 1. The van der Waals surface area contributed by atoms with Crippen molar-refractivity contribution in [3.8, 4) is 0 Å². The first-order chi connectivity index (χ1) is 9.72. The summed E-state index contributed by atoms with van der Waals surface area (Å²) in [5.74, 6) is 1.00. The molecule has 1 fully saturated rings. The zero-order chi connectivity index (χ0) is 14.1. The van der Waals surface area contributed by atoms with Crippen molar-refractivity contribution in [3.05, 3.63) is 41.2 Å². The van der Waals surface area contributed by atoms with E-state index in [1.165, 1.54) is 29.7 Å². The van der Waals surface area contributed by atoms with Crippen molar-refractivity contribution in [3.63, 3.8) is 0 Å². The highest BCUT2D eigenvalue weighted by atomic mass is 15.2. The van der Waals surface area contributed by atoms with Gasteiger partial charge in [0.2, 0.25) is 5.95 Å². The summed E-state index contributed by atoms with van der Waals surface area (Å²) in [6, 6.07) is 7.22. The topological polar surface area (TPSA) is 29.9 Å². The molecule has 1 aromatic carbocycles. The summed E-state index contributed by atoms with van der Waals surface area (Å²) in [6.45, 7) is 6.48. The van der Waals surface area contributed by atoms with Gasteiger partial charge in [0.05, 0.1) is 5.69 Å². The molecule has 1 heterocycles. The molecule has 3 nitrogen and oxygen atoms in total. The maximum absolute atomic E-state index is 4.67. The van der Waals surface area contributed by atoms with Gasteiger partial charge < -0.3 is 9.88 Å². The average Bonchev–Trinajstić information content (AvgIpc) is 3.23. The fourth-order valence-corrected chi connectivity index (χ4v) is 2.75. The van der Waals surface area contributed by atoms with E-state index in [1.54, 1.807) is 0 Å². The summed E-state index contributed by atoms with van der Waals surface area (Å²) in [5.41, 5.74) is 5.08. The number of para-hydroxylation sites is 1. The molecule has 0 atom stereocenters. The standard InChI is InChI=1S/C17H23N3/c1-4-13-7-6-8-14(5-2)16(13)19-17-18-12(3)11-20(17)15-9-10-15/h6-8,11,15H,4-5,9-10H2,1-3H3,(H,18,19). The van der Waals surface area contributed by atoms with E-state index in [0.29, 0.717) is 6.04 Å². The van der Waals surface area contributed by atoms with Gasteiger partial charge in [-0.1, -0.05) is 32.0 Å². The fourth-order valence-electron chi connectivity index (χ4n) is 2.75. The van der Waals surface area contributed by atoms with Crippen molar-refractivity contribution in [2.45, 2.75) is 52.5 Å². The third-order valence-electron chi connectivity index (χ3n) is 4.03. The van der Waals surface area contributed by atoms with Crippen LogP contribution >= 0.6 is 0 Å². The number of nitrogens with one attached hydrogen (secondary N) is 1. The number of aryl methyl sites for hydroxylation is 3. The predicted molar refractivity (Wildman–Crippen MR) is 83.7 cm³/mol. The van der Waals surface area contributed by atoms with Gasteiger partial charge in [-0.05, 0) is 43.7 Å². The summed E-state index contributed by atoms with van der Waals surface area (Å²) >= 11 is 0. The van der Waals surface area contributed by atoms with Crippen LogP contribution in [0.15, 0.2) is 24.4 Å². The number of hydrogen-bond acceptors (Lipinski definition) is 2. The summed E-state index contributed by atoms with van der Waals surface area (Å²) < 4.78 is 2.31. The van der Waals surface area contributed by atoms with Crippen LogP contribution in [-0.2, 0) is 12.8 Å². The molecule has 0 aliphatic heterocycles. The molecule has 3 rings (SSSR count). The number of imidazole rings is 1. The van der Waals surface area contributed by atoms with Gasteiger partial charge in [-0.25, -0.2) is 4.98 Å². The maximum Gasteiger partial charge on any atom is 0.207 e. The van der Waals surface area contributed by atoms with E-state index in [4.69, 9.17) is 0 Å². The Bertz CT molecular complexity index is 586. The molecular formula is C17H23N3. The van der Waals surface area contributed by atoms with E-state index in [1.807, 2.05) is 0 Å². The molecule has 0 unspecified atom stereocenters. The number of rotatable bonds is 5. The molecule has 1 saturated carbocycles. The highest BCUT2D eigenvalue weighted by Gasteiger charge is 2.26. The zero-order valence-corrected chi connectivity index (χ0v) is 12.6. The van der Waals surface area contributed by atoms with Gasteiger partial charge in [-0.2, -0.15) is 0 Å². The van der Waals surface area contributed by atoms with Crippen molar-refractivity contribution in [2.24, 2.45) is 0 Å². The van der Waals surface area contributed by atoms with E-state index < -0.39 is 0 Å². The van der Waals surface area contributed by atoms with Crippen LogP contribution in [0.4, 0.5) is 11.6 Å². The summed E-state index contributed by atoms with van der Waals surface area (Å²) in [7, 11) is 0. The number of anilines is 2. The largest absolute Gasteiger partial charge is 0.325 e. The molecule has 0 saturated heterocycles. The Hall–Kier alpha value is -1.77. The molecule has 0 amide bonds. The fraction of sp³-hybridized carbons (Fsp3) is 0.471. The molecule has 0 radical (unpaired) electrons. The second-order valence-electron chi connectivity index (χ2n) is 5.63. The first-order valence-electron chi connectivity index (χ1n) is 7.66. The monoisotopic (exact) mass is 269 g/mol. The second-order valence-corrected chi connectivity index (χ2v) is 5.63. The Morgan fingerprint density at radius 3 is 2.40 bits per heavy atom. The van der Waals surface area contributed by atoms with Crippen molar-refractivity contribution >= 4 is 11.6 Å². The number of hydrogen-bond donors (Lipinski definition) is 1. The van der Waals surface area contributed by atoms with Crippen molar-refractivity contribution in [1.82, 2.24) is 9.55 Å². The van der Waals surface area contributed by atoms with Crippen LogP contribution in [0.1, 0.15) is 49.6 Å². The Balaban J connectivity index is 1.98. The summed E-state index contributed by atoms with van der Waals surface area (Å²) in [6.07, 6.45) is 6.81. The Labute approximate surface area is 121 Å². The van der Waals surface area contributed by atoms with Crippen LogP contribution in [0.5, 0.6) is 0 Å². The van der Waals surface area contributed by atoms with E-state index in [9.17, 15) is 0 Å². The second kappa shape index (κ2) is 5.31. The molecule has 3 heteroatoms. The summed E-state index contributed by atoms with van der Waals surface area (Å²) in [5, 5.41) is 3.61. The van der Waals surface area contributed by atoms with Crippen LogP contribution in [0.3, 0.4) is 0 Å². The lowest BCUT2D eigenvalue weighted by Gasteiger charge is -2.16. The van der Waals surface area contributed by atoms with Gasteiger partial charge in [0, 0.05) is 17.9 Å². The lowest BCUT2D eigenvalue weighted by atomic mass is 10.0. The quantitative estimate of drug-likeness (QED) is 0.872. The van der Waals surface area contributed by atoms with Gasteiger partial charge in [0.15, 0.2) is 0 Å². The van der Waals surface area contributed by atoms with Crippen LogP contribution in [0.25, 0.3) is 0 Å². The summed E-state index contributed by atoms with van der Waals surface area (Å²) in [4.78, 5) is 4.67. The maximum atomic E-state index is 4.67. The van der Waals surface area contributed by atoms with E-state index in [2.05, 4.69) is 60.0 Å². The van der Waals surface area contributed by atoms with E-state index in [0.717, 1.165) is 24.5 Å². The van der Waals surface area contributed by atoms with Crippen LogP contribution in [-0.4, -0.2) is 9.55 Å². The highest BCUT2D eigenvalue weighted by Crippen LogP contribution is 2.38. The SMILES string of the molecule is CCc1cccc(CC)c1Nc1nc(C)cn1C1CC1. The first kappa shape index (κ1) is 13.2. The van der Waals surface area contributed by atoms with Crippen LogP contribution in [0.2, 0.25) is 0 Å². The third kappa shape index (κ3) is 2.45. The smallest absolute Gasteiger partial charge is 0.207 e. The van der Waals surface area contributed by atoms with Gasteiger partial charge >= 0.3 is 0 Å². The molecule has 106 valence electrons. The average molecular weight is 269 g/mol. The molecule has 1 aromatic heterocycles. The van der Waals surface area contributed by atoms with Crippen molar-refractivity contribution in [1.29, 1.82) is 0 Å². The van der Waals surface area contributed by atoms with Crippen LogP contribution < -0.4 is 5.32 Å². The van der Waals surface area contributed by atoms with Gasteiger partial charge in [-0.15, -0.1) is 0 Å². The molecule has 0 bridgehead atoms. The molecule has 1 N–H and O–H groups in total. The number of aromatic nitrogens is 2. The Morgan fingerprint density at radius 1 is 1.20 bits per heavy atom. The van der Waals surface area contributed by atoms with Crippen molar-refractivity contribution in [2.75, 3.05) is 5.32 Å². The Kier molecular flexibility index (Phi) is 3.51. The third-order valence-corrected chi connectivity index (χ3v) is 4.03. The van der Waals surface area contributed by atoms with Crippen molar-refractivity contribution < 1.29 is 0 Å². The van der Waals surface area contributed by atoms with Crippen LogP contribution in [0, 0.1) is 6.92 Å². The highest BCUT2D eigenvalue weighted by molar-refractivity contribution is 5.64. The normalized spacial score (nSPS) is 14.6. The Morgan fingerprint density at radius 2 is 1.85 bits per heavy atom. The lowest BCUT2D eigenvalue weighted by Crippen LogP contribution is -2.05. The molecule has 0 spiro atoms. The number of nitrogens with zero attached hydrogens (tertiary/aromatic N) is 2. The van der Waals surface area contributed by atoms with E-state index in [-0.39, 0.29) is 0 Å². The van der Waals surface area contributed by atoms with Gasteiger partial charge in [0.25, 0.3) is 0 Å². The minimum absolute atomic E-state index is 0.651. The molecule has 1 aliphatic carbocycles. The minimum Gasteiger partial charge on any atom is -0.325 e. The minimum atomic E-state index is 0.651. The zero-order valence-electron chi connectivity index (χ0n) is 12.6. The molecule has 1 aliphatic rings. The van der Waals surface area contributed by atoms with E-state index >= 15 is 0 Å². The van der Waals surface area contributed by atoms with Gasteiger partial charge in [-0.3, -0.25) is 0 Å².